The highest BCUT2D eigenvalue weighted by atomic mass is 32.1. The van der Waals surface area contributed by atoms with Crippen LogP contribution in [0.25, 0.3) is 15.9 Å². The number of rotatable bonds is 5. The molecule has 3 aromatic rings. The number of thiophene rings is 1. The van der Waals surface area contributed by atoms with Crippen LogP contribution in [0.4, 0.5) is 8.78 Å². The Morgan fingerprint density at radius 2 is 1.91 bits per heavy atom. The molecule has 1 atom stereocenters. The topological polar surface area (TPSA) is 90.6 Å². The van der Waals surface area contributed by atoms with Crippen molar-refractivity contribution in [3.63, 3.8) is 0 Å². The van der Waals surface area contributed by atoms with Gasteiger partial charge in [-0.3, -0.25) is 19.0 Å². The van der Waals surface area contributed by atoms with E-state index in [0.717, 1.165) is 28.0 Å². The average Bonchev–Trinajstić information content (AvgIpc) is 3.26. The van der Waals surface area contributed by atoms with Gasteiger partial charge in [-0.15, -0.1) is 11.3 Å². The quantitative estimate of drug-likeness (QED) is 0.526. The van der Waals surface area contributed by atoms with Crippen molar-refractivity contribution < 1.29 is 23.1 Å². The first kappa shape index (κ1) is 22.8. The van der Waals surface area contributed by atoms with Crippen molar-refractivity contribution in [3.05, 3.63) is 62.1 Å². The predicted octanol–water partition coefficient (Wildman–Crippen LogP) is 2.29. The normalized spacial score (nSPS) is 16.2. The zero-order valence-corrected chi connectivity index (χ0v) is 18.6. The Morgan fingerprint density at radius 1 is 1.18 bits per heavy atom. The van der Waals surface area contributed by atoms with Gasteiger partial charge in [0.15, 0.2) is 0 Å². The standard InChI is InChI=1S/C22H21F2N3O5S/c1-2-32-21(30)13-4-3-6-25(11-13)18(28)12-26-17-5-7-33-19(17)20(29)27(22(26)31)16-9-14(23)8-15(24)10-16/h5,7-10,13H,2-4,6,11-12H2,1H3/t13-/m0/s1. The Bertz CT molecular complexity index is 1330. The van der Waals surface area contributed by atoms with Gasteiger partial charge in [0.25, 0.3) is 5.56 Å². The molecule has 0 saturated carbocycles. The predicted molar refractivity (Wildman–Crippen MR) is 118 cm³/mol. The molecule has 3 heterocycles. The highest BCUT2D eigenvalue weighted by molar-refractivity contribution is 7.17. The molecule has 0 N–H and O–H groups in total. The highest BCUT2D eigenvalue weighted by Crippen LogP contribution is 2.20. The molecule has 4 rings (SSSR count). The summed E-state index contributed by atoms with van der Waals surface area (Å²) < 4.78 is 34.6. The van der Waals surface area contributed by atoms with Gasteiger partial charge in [-0.25, -0.2) is 18.1 Å². The van der Waals surface area contributed by atoms with E-state index in [4.69, 9.17) is 4.74 Å². The van der Waals surface area contributed by atoms with Crippen molar-refractivity contribution in [2.45, 2.75) is 26.3 Å². The van der Waals surface area contributed by atoms with Gasteiger partial charge in [0, 0.05) is 19.2 Å². The molecule has 8 nitrogen and oxygen atoms in total. The first-order valence-corrected chi connectivity index (χ1v) is 11.3. The number of carbonyl (C=O) groups excluding carboxylic acids is 2. The van der Waals surface area contributed by atoms with Gasteiger partial charge in [-0.05, 0) is 43.3 Å². The monoisotopic (exact) mass is 477 g/mol. The summed E-state index contributed by atoms with van der Waals surface area (Å²) in [6.45, 7) is 2.16. The van der Waals surface area contributed by atoms with Crippen LogP contribution in [0.15, 0.2) is 39.2 Å². The summed E-state index contributed by atoms with van der Waals surface area (Å²) in [7, 11) is 0. The Hall–Kier alpha value is -3.34. The second kappa shape index (κ2) is 9.26. The van der Waals surface area contributed by atoms with Crippen LogP contribution in [0.5, 0.6) is 0 Å². The number of piperidine rings is 1. The van der Waals surface area contributed by atoms with Gasteiger partial charge in [-0.2, -0.15) is 0 Å². The summed E-state index contributed by atoms with van der Waals surface area (Å²) in [5.74, 6) is -3.10. The van der Waals surface area contributed by atoms with Crippen molar-refractivity contribution in [3.8, 4) is 5.69 Å². The Kier molecular flexibility index (Phi) is 6.41. The fraction of sp³-hybridized carbons (Fsp3) is 0.364. The number of likely N-dealkylation sites (tertiary alicyclic amines) is 1. The molecule has 1 amide bonds. The van der Waals surface area contributed by atoms with Gasteiger partial charge in [0.2, 0.25) is 5.91 Å². The van der Waals surface area contributed by atoms with Crippen molar-refractivity contribution in [2.24, 2.45) is 5.92 Å². The largest absolute Gasteiger partial charge is 0.466 e. The molecule has 0 unspecified atom stereocenters. The third kappa shape index (κ3) is 4.45. The number of benzene rings is 1. The van der Waals surface area contributed by atoms with Crippen LogP contribution in [0.3, 0.4) is 0 Å². The van der Waals surface area contributed by atoms with Gasteiger partial charge in [0.05, 0.1) is 23.7 Å². The zero-order valence-electron chi connectivity index (χ0n) is 17.8. The molecule has 0 bridgehead atoms. The molecule has 0 aliphatic carbocycles. The fourth-order valence-corrected chi connectivity index (χ4v) is 4.85. The third-order valence-electron chi connectivity index (χ3n) is 5.55. The number of esters is 1. The summed E-state index contributed by atoms with van der Waals surface area (Å²) in [6, 6.07) is 3.94. The molecular formula is C22H21F2N3O5S. The molecule has 1 fully saturated rings. The summed E-state index contributed by atoms with van der Waals surface area (Å²) >= 11 is 1.06. The van der Waals surface area contributed by atoms with E-state index in [0.29, 0.717) is 30.0 Å². The van der Waals surface area contributed by atoms with Gasteiger partial charge < -0.3 is 9.64 Å². The highest BCUT2D eigenvalue weighted by Gasteiger charge is 2.30. The molecule has 0 spiro atoms. The Balaban J connectivity index is 1.72. The number of ether oxygens (including phenoxy) is 1. The lowest BCUT2D eigenvalue weighted by atomic mass is 9.98. The third-order valence-corrected chi connectivity index (χ3v) is 6.44. The molecule has 11 heteroatoms. The molecule has 2 aromatic heterocycles. The number of amides is 1. The SMILES string of the molecule is CCOC(=O)[C@H]1CCCN(C(=O)Cn2c(=O)n(-c3cc(F)cc(F)c3)c(=O)c3sccc32)C1. The van der Waals surface area contributed by atoms with Crippen molar-refractivity contribution in [1.82, 2.24) is 14.0 Å². The Labute approximate surface area is 190 Å². The van der Waals surface area contributed by atoms with Gasteiger partial charge in [-0.1, -0.05) is 0 Å². The lowest BCUT2D eigenvalue weighted by molar-refractivity contribution is -0.151. The van der Waals surface area contributed by atoms with Gasteiger partial charge >= 0.3 is 11.7 Å². The van der Waals surface area contributed by atoms with E-state index >= 15 is 0 Å². The second-order valence-corrected chi connectivity index (χ2v) is 8.62. The van der Waals surface area contributed by atoms with Crippen molar-refractivity contribution >= 4 is 33.4 Å². The lowest BCUT2D eigenvalue weighted by Crippen LogP contribution is -2.46. The van der Waals surface area contributed by atoms with E-state index in [1.165, 1.54) is 4.90 Å². The number of nitrogens with zero attached hydrogens (tertiary/aromatic N) is 3. The van der Waals surface area contributed by atoms with Crippen LogP contribution in [-0.2, 0) is 20.9 Å². The second-order valence-electron chi connectivity index (χ2n) is 7.70. The van der Waals surface area contributed by atoms with Crippen LogP contribution in [0.1, 0.15) is 19.8 Å². The molecule has 1 aromatic carbocycles. The van der Waals surface area contributed by atoms with E-state index in [-0.39, 0.29) is 41.6 Å². The minimum atomic E-state index is -0.941. The molecule has 1 aliphatic rings. The summed E-state index contributed by atoms with van der Waals surface area (Å²) in [4.78, 5) is 52.8. The van der Waals surface area contributed by atoms with E-state index in [9.17, 15) is 28.0 Å². The number of hydrogen-bond acceptors (Lipinski definition) is 6. The minimum Gasteiger partial charge on any atom is -0.466 e. The molecule has 33 heavy (non-hydrogen) atoms. The summed E-state index contributed by atoms with van der Waals surface area (Å²) in [6.07, 6.45) is 1.22. The van der Waals surface area contributed by atoms with E-state index in [1.54, 1.807) is 18.4 Å². The van der Waals surface area contributed by atoms with E-state index in [2.05, 4.69) is 0 Å². The summed E-state index contributed by atoms with van der Waals surface area (Å²) in [5, 5.41) is 1.60. The fourth-order valence-electron chi connectivity index (χ4n) is 4.03. The first-order chi connectivity index (χ1) is 15.8. The van der Waals surface area contributed by atoms with Crippen LogP contribution in [0.2, 0.25) is 0 Å². The van der Waals surface area contributed by atoms with Crippen molar-refractivity contribution in [1.29, 1.82) is 0 Å². The lowest BCUT2D eigenvalue weighted by Gasteiger charge is -2.31. The van der Waals surface area contributed by atoms with E-state index in [1.807, 2.05) is 0 Å². The zero-order chi connectivity index (χ0) is 23.7. The molecular weight excluding hydrogens is 456 g/mol. The van der Waals surface area contributed by atoms with Crippen LogP contribution < -0.4 is 11.2 Å². The number of hydrogen-bond donors (Lipinski definition) is 0. The first-order valence-electron chi connectivity index (χ1n) is 10.4. The number of carbonyl (C=O) groups is 2. The molecule has 174 valence electrons. The maximum Gasteiger partial charge on any atom is 0.336 e. The molecule has 0 radical (unpaired) electrons. The average molecular weight is 477 g/mol. The van der Waals surface area contributed by atoms with Crippen LogP contribution in [0, 0.1) is 17.6 Å². The van der Waals surface area contributed by atoms with Gasteiger partial charge in [0.1, 0.15) is 22.9 Å². The molecule has 1 saturated heterocycles. The molecule has 1 aliphatic heterocycles. The Morgan fingerprint density at radius 3 is 2.61 bits per heavy atom. The minimum absolute atomic E-state index is 0.175. The number of aromatic nitrogens is 2. The van der Waals surface area contributed by atoms with E-state index < -0.39 is 34.7 Å². The summed E-state index contributed by atoms with van der Waals surface area (Å²) in [5.41, 5.74) is -1.61. The van der Waals surface area contributed by atoms with Crippen LogP contribution in [-0.4, -0.2) is 45.6 Å². The number of halogens is 2. The van der Waals surface area contributed by atoms with Crippen LogP contribution >= 0.6 is 11.3 Å². The van der Waals surface area contributed by atoms with Crippen molar-refractivity contribution in [2.75, 3.05) is 19.7 Å². The number of fused-ring (bicyclic) bond motifs is 1. The smallest absolute Gasteiger partial charge is 0.336 e. The maximum atomic E-state index is 13.8. The maximum absolute atomic E-state index is 13.8.